The van der Waals surface area contributed by atoms with E-state index >= 15 is 0 Å². The second kappa shape index (κ2) is 7.33. The lowest BCUT2D eigenvalue weighted by Crippen LogP contribution is -2.46. The van der Waals surface area contributed by atoms with Gasteiger partial charge < -0.3 is 18.8 Å². The molecule has 3 rings (SSSR count). The molecule has 2 heterocycles. The zero-order valence-electron chi connectivity index (χ0n) is 15.2. The Balaban J connectivity index is 1.55. The van der Waals surface area contributed by atoms with Gasteiger partial charge in [-0.15, -0.1) is 0 Å². The van der Waals surface area contributed by atoms with E-state index in [0.29, 0.717) is 12.2 Å². The molecular weight excluding hydrogens is 320 g/mol. The molecule has 0 bridgehead atoms. The summed E-state index contributed by atoms with van der Waals surface area (Å²) in [6, 6.07) is 7.69. The minimum atomic E-state index is -0.478. The fourth-order valence-corrected chi connectivity index (χ4v) is 3.06. The fraction of sp³-hybridized carbons (Fsp3) is 0.579. The normalized spacial score (nSPS) is 18.4. The second-order valence-corrected chi connectivity index (χ2v) is 7.41. The highest BCUT2D eigenvalue weighted by molar-refractivity contribution is 5.72. The standard InChI is InChI=1S/C19H26N2O4/c1-19(2,3)25-18(22)21-12-7-6-8-14(21)11-13-23-17-20-15-9-4-5-10-16(15)24-17/h4-5,9-10,14H,6-8,11-13H2,1-3H3. The first-order valence-corrected chi connectivity index (χ1v) is 8.90. The Morgan fingerprint density at radius 1 is 1.32 bits per heavy atom. The summed E-state index contributed by atoms with van der Waals surface area (Å²) in [5.74, 6) is 0. The van der Waals surface area contributed by atoms with E-state index in [9.17, 15) is 4.79 Å². The molecule has 1 aliphatic heterocycles. The van der Waals surface area contributed by atoms with Crippen LogP contribution in [0.15, 0.2) is 28.7 Å². The molecule has 1 saturated heterocycles. The summed E-state index contributed by atoms with van der Waals surface area (Å²) in [7, 11) is 0. The lowest BCUT2D eigenvalue weighted by molar-refractivity contribution is 0.00708. The van der Waals surface area contributed by atoms with Crippen LogP contribution in [0.2, 0.25) is 0 Å². The van der Waals surface area contributed by atoms with E-state index in [1.807, 2.05) is 49.9 Å². The number of fused-ring (bicyclic) bond motifs is 1. The molecule has 25 heavy (non-hydrogen) atoms. The molecule has 0 saturated carbocycles. The molecule has 1 fully saturated rings. The van der Waals surface area contributed by atoms with Crippen LogP contribution in [-0.2, 0) is 4.74 Å². The molecule has 0 radical (unpaired) electrons. The van der Waals surface area contributed by atoms with Crippen LogP contribution in [0.5, 0.6) is 6.08 Å². The number of hydrogen-bond acceptors (Lipinski definition) is 5. The Morgan fingerprint density at radius 3 is 2.88 bits per heavy atom. The van der Waals surface area contributed by atoms with E-state index in [1.165, 1.54) is 0 Å². The highest BCUT2D eigenvalue weighted by Crippen LogP contribution is 2.24. The van der Waals surface area contributed by atoms with Crippen LogP contribution in [-0.4, -0.2) is 40.8 Å². The van der Waals surface area contributed by atoms with E-state index in [0.717, 1.165) is 37.7 Å². The van der Waals surface area contributed by atoms with Gasteiger partial charge in [0, 0.05) is 19.0 Å². The van der Waals surface area contributed by atoms with Crippen molar-refractivity contribution in [2.45, 2.75) is 58.1 Å². The van der Waals surface area contributed by atoms with E-state index in [4.69, 9.17) is 13.9 Å². The third-order valence-electron chi connectivity index (χ3n) is 4.21. The molecular formula is C19H26N2O4. The summed E-state index contributed by atoms with van der Waals surface area (Å²) in [5.41, 5.74) is 1.02. The van der Waals surface area contributed by atoms with Gasteiger partial charge in [-0.3, -0.25) is 0 Å². The minimum Gasteiger partial charge on any atom is -0.450 e. The van der Waals surface area contributed by atoms with E-state index in [-0.39, 0.29) is 18.2 Å². The van der Waals surface area contributed by atoms with Gasteiger partial charge in [0.25, 0.3) is 0 Å². The molecule has 1 aliphatic rings. The van der Waals surface area contributed by atoms with Crippen LogP contribution in [0.1, 0.15) is 46.5 Å². The summed E-state index contributed by atoms with van der Waals surface area (Å²) in [5, 5.41) is 0. The van der Waals surface area contributed by atoms with Gasteiger partial charge >= 0.3 is 12.2 Å². The summed E-state index contributed by atoms with van der Waals surface area (Å²) >= 11 is 0. The van der Waals surface area contributed by atoms with Gasteiger partial charge in [0.1, 0.15) is 11.1 Å². The molecule has 136 valence electrons. The Labute approximate surface area is 148 Å². The number of likely N-dealkylation sites (tertiary alicyclic amines) is 1. The number of amides is 1. The Kier molecular flexibility index (Phi) is 5.16. The van der Waals surface area contributed by atoms with Crippen molar-refractivity contribution in [1.29, 1.82) is 0 Å². The maximum absolute atomic E-state index is 12.4. The summed E-state index contributed by atoms with van der Waals surface area (Å²) in [4.78, 5) is 18.5. The molecule has 1 amide bonds. The molecule has 0 N–H and O–H groups in total. The second-order valence-electron chi connectivity index (χ2n) is 7.41. The molecule has 2 aromatic rings. The first-order valence-electron chi connectivity index (χ1n) is 8.90. The average Bonchev–Trinajstić information content (AvgIpc) is 2.96. The van der Waals surface area contributed by atoms with E-state index in [2.05, 4.69) is 4.98 Å². The van der Waals surface area contributed by atoms with Crippen molar-refractivity contribution in [3.63, 3.8) is 0 Å². The van der Waals surface area contributed by atoms with Crippen LogP contribution in [0.25, 0.3) is 11.1 Å². The highest BCUT2D eigenvalue weighted by Gasteiger charge is 2.30. The number of carbonyl (C=O) groups is 1. The van der Waals surface area contributed by atoms with Gasteiger partial charge in [-0.2, -0.15) is 4.98 Å². The number of ether oxygens (including phenoxy) is 2. The number of para-hydroxylation sites is 2. The summed E-state index contributed by atoms with van der Waals surface area (Å²) in [6.45, 7) is 6.86. The largest absolute Gasteiger partial charge is 0.450 e. The third-order valence-corrected chi connectivity index (χ3v) is 4.21. The first kappa shape index (κ1) is 17.6. The summed E-state index contributed by atoms with van der Waals surface area (Å²) in [6.07, 6.45) is 3.88. The van der Waals surface area contributed by atoms with Gasteiger partial charge in [0.2, 0.25) is 0 Å². The zero-order chi connectivity index (χ0) is 17.9. The lowest BCUT2D eigenvalue weighted by Gasteiger charge is -2.36. The first-order chi connectivity index (χ1) is 11.9. The number of hydrogen-bond donors (Lipinski definition) is 0. The van der Waals surface area contributed by atoms with Crippen LogP contribution in [0.4, 0.5) is 4.79 Å². The van der Waals surface area contributed by atoms with E-state index < -0.39 is 5.60 Å². The van der Waals surface area contributed by atoms with Gasteiger partial charge in [-0.25, -0.2) is 4.79 Å². The topological polar surface area (TPSA) is 64.8 Å². The van der Waals surface area contributed by atoms with Crippen molar-refractivity contribution in [2.24, 2.45) is 0 Å². The zero-order valence-corrected chi connectivity index (χ0v) is 15.2. The maximum atomic E-state index is 12.4. The predicted octanol–water partition coefficient (Wildman–Crippen LogP) is 4.39. The monoisotopic (exact) mass is 346 g/mol. The van der Waals surface area contributed by atoms with Gasteiger partial charge in [0.15, 0.2) is 5.58 Å². The number of benzene rings is 1. The predicted molar refractivity (Wildman–Crippen MR) is 94.7 cm³/mol. The number of piperidine rings is 1. The Bertz CT molecular complexity index is 687. The highest BCUT2D eigenvalue weighted by atomic mass is 16.6. The molecule has 6 nitrogen and oxygen atoms in total. The van der Waals surface area contributed by atoms with Crippen molar-refractivity contribution in [1.82, 2.24) is 9.88 Å². The number of nitrogens with zero attached hydrogens (tertiary/aromatic N) is 2. The SMILES string of the molecule is CC(C)(C)OC(=O)N1CCCCC1CCOc1nc2ccccc2o1. The minimum absolute atomic E-state index is 0.132. The molecule has 1 atom stereocenters. The lowest BCUT2D eigenvalue weighted by atomic mass is 10.0. The molecule has 1 aromatic heterocycles. The Morgan fingerprint density at radius 2 is 2.12 bits per heavy atom. The quantitative estimate of drug-likeness (QED) is 0.821. The van der Waals surface area contributed by atoms with Gasteiger partial charge in [-0.1, -0.05) is 12.1 Å². The smallest absolute Gasteiger partial charge is 0.410 e. The van der Waals surface area contributed by atoms with Crippen LogP contribution in [0.3, 0.4) is 0 Å². The van der Waals surface area contributed by atoms with Crippen molar-refractivity contribution in [3.05, 3.63) is 24.3 Å². The number of aromatic nitrogens is 1. The molecule has 6 heteroatoms. The molecule has 1 aromatic carbocycles. The molecule has 1 unspecified atom stereocenters. The molecule has 0 aliphatic carbocycles. The number of oxazole rings is 1. The fourth-order valence-electron chi connectivity index (χ4n) is 3.06. The van der Waals surface area contributed by atoms with Crippen molar-refractivity contribution in [3.8, 4) is 6.08 Å². The third kappa shape index (κ3) is 4.65. The number of rotatable bonds is 4. The molecule has 0 spiro atoms. The van der Waals surface area contributed by atoms with Crippen LogP contribution in [0, 0.1) is 0 Å². The van der Waals surface area contributed by atoms with Gasteiger partial charge in [-0.05, 0) is 52.2 Å². The van der Waals surface area contributed by atoms with Crippen molar-refractivity contribution < 1.29 is 18.7 Å². The maximum Gasteiger partial charge on any atom is 0.410 e. The van der Waals surface area contributed by atoms with Crippen molar-refractivity contribution >= 4 is 17.2 Å². The van der Waals surface area contributed by atoms with Crippen molar-refractivity contribution in [2.75, 3.05) is 13.2 Å². The van der Waals surface area contributed by atoms with E-state index in [1.54, 1.807) is 0 Å². The number of carbonyl (C=O) groups excluding carboxylic acids is 1. The van der Waals surface area contributed by atoms with Crippen LogP contribution < -0.4 is 4.74 Å². The average molecular weight is 346 g/mol. The van der Waals surface area contributed by atoms with Crippen LogP contribution >= 0.6 is 0 Å². The Hall–Kier alpha value is -2.24. The van der Waals surface area contributed by atoms with Gasteiger partial charge in [0.05, 0.1) is 6.61 Å². The summed E-state index contributed by atoms with van der Waals surface area (Å²) < 4.78 is 16.8.